The van der Waals surface area contributed by atoms with Gasteiger partial charge in [0.2, 0.25) is 0 Å². The van der Waals surface area contributed by atoms with E-state index in [1.807, 2.05) is 72.8 Å². The Kier molecular flexibility index (Phi) is 4.37. The lowest BCUT2D eigenvalue weighted by molar-refractivity contribution is -0.110. The number of hydrogen-bond acceptors (Lipinski definition) is 4. The zero-order valence-corrected chi connectivity index (χ0v) is 16.2. The van der Waals surface area contributed by atoms with Crippen molar-refractivity contribution in [3.8, 4) is 5.75 Å². The average molecular weight is 394 g/mol. The van der Waals surface area contributed by atoms with E-state index >= 15 is 0 Å². The second-order valence-corrected chi connectivity index (χ2v) is 6.93. The number of carbonyl (C=O) groups excluding carboxylic acids is 1. The molecule has 0 spiro atoms. The summed E-state index contributed by atoms with van der Waals surface area (Å²) in [5, 5.41) is 11.4. The van der Waals surface area contributed by atoms with Gasteiger partial charge in [-0.1, -0.05) is 12.1 Å². The molecule has 146 valence electrons. The summed E-state index contributed by atoms with van der Waals surface area (Å²) in [6.07, 6.45) is 7.50. The number of nitrogens with zero attached hydrogens (tertiary/aromatic N) is 2. The number of amides is 1. The summed E-state index contributed by atoms with van der Waals surface area (Å²) < 4.78 is 5.30. The Labute approximate surface area is 172 Å². The Bertz CT molecular complexity index is 1320. The average Bonchev–Trinajstić information content (AvgIpc) is 3.32. The molecule has 0 aliphatic carbocycles. The maximum Gasteiger partial charge on any atom is 0.256 e. The highest BCUT2D eigenvalue weighted by Gasteiger charge is 2.24. The molecule has 0 bridgehead atoms. The van der Waals surface area contributed by atoms with E-state index in [0.29, 0.717) is 11.3 Å². The topological polar surface area (TPSA) is 79.9 Å². The lowest BCUT2D eigenvalue weighted by Crippen LogP contribution is -2.03. The number of benzene rings is 2. The molecule has 0 saturated carbocycles. The van der Waals surface area contributed by atoms with Gasteiger partial charge in [-0.25, -0.2) is 0 Å². The van der Waals surface area contributed by atoms with Crippen molar-refractivity contribution in [1.29, 1.82) is 0 Å². The minimum atomic E-state index is -0.123. The fraction of sp³-hybridized carbons (Fsp3) is 0.0417. The molecule has 6 nitrogen and oxygen atoms in total. The first kappa shape index (κ1) is 17.9. The Hall–Kier alpha value is -4.19. The molecule has 30 heavy (non-hydrogen) atoms. The molecule has 2 N–H and O–H groups in total. The number of ether oxygens (including phenoxy) is 1. The lowest BCUT2D eigenvalue weighted by Gasteiger charge is -2.03. The van der Waals surface area contributed by atoms with E-state index in [1.165, 1.54) is 0 Å². The molecule has 1 amide bonds. The van der Waals surface area contributed by atoms with Crippen molar-refractivity contribution >= 4 is 46.3 Å². The van der Waals surface area contributed by atoms with Gasteiger partial charge in [0, 0.05) is 28.4 Å². The van der Waals surface area contributed by atoms with Crippen molar-refractivity contribution in [1.82, 2.24) is 15.2 Å². The second-order valence-electron chi connectivity index (χ2n) is 6.93. The predicted octanol–water partition coefficient (Wildman–Crippen LogP) is 4.63. The van der Waals surface area contributed by atoms with Crippen LogP contribution in [0.2, 0.25) is 0 Å². The van der Waals surface area contributed by atoms with Gasteiger partial charge in [0.1, 0.15) is 5.75 Å². The van der Waals surface area contributed by atoms with Crippen LogP contribution in [0.4, 0.5) is 5.69 Å². The zero-order chi connectivity index (χ0) is 20.5. The highest BCUT2D eigenvalue weighted by Crippen LogP contribution is 2.36. The summed E-state index contributed by atoms with van der Waals surface area (Å²) in [7, 11) is 1.61. The second kappa shape index (κ2) is 7.33. The van der Waals surface area contributed by atoms with Crippen LogP contribution in [-0.2, 0) is 4.79 Å². The van der Waals surface area contributed by atoms with Gasteiger partial charge in [-0.15, -0.1) is 0 Å². The molecular formula is C24H18N4O2. The van der Waals surface area contributed by atoms with E-state index in [-0.39, 0.29) is 5.91 Å². The Morgan fingerprint density at radius 1 is 1.03 bits per heavy atom. The molecule has 1 aliphatic rings. The summed E-state index contributed by atoms with van der Waals surface area (Å²) in [5.41, 5.74) is 5.75. The minimum absolute atomic E-state index is 0.123. The number of H-pyrrole nitrogens is 1. The monoisotopic (exact) mass is 394 g/mol. The first-order valence-corrected chi connectivity index (χ1v) is 9.50. The van der Waals surface area contributed by atoms with Gasteiger partial charge in [-0.2, -0.15) is 5.10 Å². The van der Waals surface area contributed by atoms with Crippen molar-refractivity contribution in [2.75, 3.05) is 12.4 Å². The van der Waals surface area contributed by atoms with Gasteiger partial charge in [0.25, 0.3) is 5.91 Å². The summed E-state index contributed by atoms with van der Waals surface area (Å²) in [6.45, 7) is 0. The number of aromatic nitrogens is 3. The summed E-state index contributed by atoms with van der Waals surface area (Å²) >= 11 is 0. The highest BCUT2D eigenvalue weighted by atomic mass is 16.5. The molecule has 0 unspecified atom stereocenters. The first-order chi connectivity index (χ1) is 14.7. The van der Waals surface area contributed by atoms with Crippen LogP contribution < -0.4 is 10.1 Å². The standard InChI is InChI=1S/C24H18N4O2/c1-30-17-7-10-21-19(14-17)20(24(29)26-21)12-15-5-8-18-22(27-28-23(18)13-15)9-6-16-4-2-3-11-25-16/h2-14H,1H3,(H,26,29)(H,27,28)/b9-6+,20-12+. The van der Waals surface area contributed by atoms with Crippen LogP contribution in [0.15, 0.2) is 60.8 Å². The third-order valence-corrected chi connectivity index (χ3v) is 5.04. The van der Waals surface area contributed by atoms with E-state index in [4.69, 9.17) is 4.74 Å². The number of aromatic amines is 1. The number of anilines is 1. The first-order valence-electron chi connectivity index (χ1n) is 9.50. The van der Waals surface area contributed by atoms with Crippen molar-refractivity contribution in [3.63, 3.8) is 0 Å². The van der Waals surface area contributed by atoms with Gasteiger partial charge in [0.15, 0.2) is 0 Å². The van der Waals surface area contributed by atoms with E-state index in [1.54, 1.807) is 13.3 Å². The maximum atomic E-state index is 12.5. The van der Waals surface area contributed by atoms with Gasteiger partial charge >= 0.3 is 0 Å². The van der Waals surface area contributed by atoms with Crippen LogP contribution in [0.5, 0.6) is 5.75 Å². The molecule has 6 heteroatoms. The molecule has 0 atom stereocenters. The fourth-order valence-corrected chi connectivity index (χ4v) is 3.52. The number of rotatable bonds is 4. The van der Waals surface area contributed by atoms with Crippen molar-refractivity contribution in [2.24, 2.45) is 0 Å². The van der Waals surface area contributed by atoms with Gasteiger partial charge < -0.3 is 10.1 Å². The van der Waals surface area contributed by atoms with Gasteiger partial charge in [-0.05, 0) is 66.3 Å². The number of fused-ring (bicyclic) bond motifs is 2. The van der Waals surface area contributed by atoms with E-state index in [9.17, 15) is 4.79 Å². The van der Waals surface area contributed by atoms with E-state index < -0.39 is 0 Å². The van der Waals surface area contributed by atoms with Crippen LogP contribution in [0.25, 0.3) is 34.7 Å². The molecule has 4 aromatic rings. The van der Waals surface area contributed by atoms with E-state index in [2.05, 4.69) is 20.5 Å². The number of pyridine rings is 1. The largest absolute Gasteiger partial charge is 0.497 e. The highest BCUT2D eigenvalue weighted by molar-refractivity contribution is 6.35. The fourth-order valence-electron chi connectivity index (χ4n) is 3.52. The third-order valence-electron chi connectivity index (χ3n) is 5.04. The maximum absolute atomic E-state index is 12.5. The quantitative estimate of drug-likeness (QED) is 0.495. The SMILES string of the molecule is COc1ccc2c(c1)/C(=C\c1ccc3c(/C=C/c4ccccn4)n[nH]c3c1)C(=O)N2. The predicted molar refractivity (Wildman–Crippen MR) is 119 cm³/mol. The number of methoxy groups -OCH3 is 1. The summed E-state index contributed by atoms with van der Waals surface area (Å²) in [6, 6.07) is 17.3. The number of carbonyl (C=O) groups is 1. The summed E-state index contributed by atoms with van der Waals surface area (Å²) in [4.78, 5) is 16.8. The lowest BCUT2D eigenvalue weighted by atomic mass is 10.0. The van der Waals surface area contributed by atoms with Crippen molar-refractivity contribution in [2.45, 2.75) is 0 Å². The van der Waals surface area contributed by atoms with Crippen molar-refractivity contribution < 1.29 is 9.53 Å². The Balaban J connectivity index is 1.49. The molecule has 2 aromatic carbocycles. The van der Waals surface area contributed by atoms with Crippen LogP contribution in [0.3, 0.4) is 0 Å². The smallest absolute Gasteiger partial charge is 0.256 e. The molecular weight excluding hydrogens is 376 g/mol. The molecule has 0 radical (unpaired) electrons. The molecule has 3 heterocycles. The van der Waals surface area contributed by atoms with Crippen LogP contribution in [-0.4, -0.2) is 28.2 Å². The van der Waals surface area contributed by atoms with Crippen LogP contribution in [0, 0.1) is 0 Å². The van der Waals surface area contributed by atoms with Gasteiger partial charge in [0.05, 0.1) is 24.0 Å². The number of hydrogen-bond donors (Lipinski definition) is 2. The molecule has 0 fully saturated rings. The number of nitrogens with one attached hydrogen (secondary N) is 2. The molecule has 2 aromatic heterocycles. The zero-order valence-electron chi connectivity index (χ0n) is 16.2. The molecule has 0 saturated heterocycles. The Morgan fingerprint density at radius 3 is 2.80 bits per heavy atom. The van der Waals surface area contributed by atoms with Crippen LogP contribution >= 0.6 is 0 Å². The van der Waals surface area contributed by atoms with Crippen LogP contribution in [0.1, 0.15) is 22.5 Å². The van der Waals surface area contributed by atoms with Gasteiger partial charge in [-0.3, -0.25) is 14.9 Å². The third kappa shape index (κ3) is 3.24. The summed E-state index contributed by atoms with van der Waals surface area (Å²) in [5.74, 6) is 0.589. The van der Waals surface area contributed by atoms with Crippen molar-refractivity contribution in [3.05, 3.63) is 83.3 Å². The van der Waals surface area contributed by atoms with E-state index in [0.717, 1.165) is 39.1 Å². The molecule has 5 rings (SSSR count). The molecule has 1 aliphatic heterocycles. The minimum Gasteiger partial charge on any atom is -0.497 e. The Morgan fingerprint density at radius 2 is 1.97 bits per heavy atom. The normalized spacial score (nSPS) is 14.4.